The molecule has 0 radical (unpaired) electrons. The van der Waals surface area contributed by atoms with Crippen LogP contribution in [0.1, 0.15) is 29.3 Å². The molecule has 0 amide bonds. The number of methoxy groups -OCH3 is 1. The quantitative estimate of drug-likeness (QED) is 0.737. The van der Waals surface area contributed by atoms with E-state index >= 15 is 0 Å². The Morgan fingerprint density at radius 1 is 1.25 bits per heavy atom. The average Bonchev–Trinajstić information content (AvgIpc) is 2.58. The van der Waals surface area contributed by atoms with Crippen LogP contribution in [0.3, 0.4) is 0 Å². The van der Waals surface area contributed by atoms with Crippen LogP contribution in [0.25, 0.3) is 0 Å². The molecule has 2 N–H and O–H groups in total. The van der Waals surface area contributed by atoms with Gasteiger partial charge in [0.05, 0.1) is 24.3 Å². The van der Waals surface area contributed by atoms with Gasteiger partial charge in [0, 0.05) is 12.2 Å². The number of halogens is 1. The lowest BCUT2D eigenvalue weighted by Gasteiger charge is -2.14. The average molecular weight is 350 g/mol. The van der Waals surface area contributed by atoms with Crippen molar-refractivity contribution in [1.29, 1.82) is 0 Å². The molecular weight excluding hydrogens is 330 g/mol. The number of carboxylic acid groups (broad SMARTS) is 1. The van der Waals surface area contributed by atoms with E-state index in [-0.39, 0.29) is 5.56 Å². The van der Waals surface area contributed by atoms with Crippen LogP contribution in [-0.4, -0.2) is 24.8 Å². The van der Waals surface area contributed by atoms with Gasteiger partial charge >= 0.3 is 5.97 Å². The number of nitrogens with one attached hydrogen (secondary N) is 1. The second-order valence-electron chi connectivity index (χ2n) is 5.19. The topological polar surface area (TPSA) is 67.8 Å². The molecule has 24 heavy (non-hydrogen) atoms. The number of ether oxygens (including phenoxy) is 2. The molecule has 0 aromatic heterocycles. The molecule has 0 aliphatic heterocycles. The maximum atomic E-state index is 10.8. The molecule has 128 valence electrons. The van der Waals surface area contributed by atoms with E-state index in [1.165, 1.54) is 0 Å². The summed E-state index contributed by atoms with van der Waals surface area (Å²) in [5, 5.41) is 12.6. The summed E-state index contributed by atoms with van der Waals surface area (Å²) in [4.78, 5) is 10.8. The van der Waals surface area contributed by atoms with Gasteiger partial charge in [-0.2, -0.15) is 0 Å². The lowest BCUT2D eigenvalue weighted by atomic mass is 10.1. The van der Waals surface area contributed by atoms with Crippen LogP contribution in [0.4, 0.5) is 5.69 Å². The van der Waals surface area contributed by atoms with Crippen LogP contribution in [0.5, 0.6) is 11.5 Å². The minimum absolute atomic E-state index is 0.252. The minimum Gasteiger partial charge on any atom is -0.493 e. The van der Waals surface area contributed by atoms with Crippen LogP contribution in [0, 0.1) is 0 Å². The molecule has 2 aromatic carbocycles. The zero-order valence-corrected chi connectivity index (χ0v) is 14.4. The minimum atomic E-state index is -0.944. The molecule has 0 fully saturated rings. The van der Waals surface area contributed by atoms with Crippen molar-refractivity contribution in [2.24, 2.45) is 0 Å². The summed E-state index contributed by atoms with van der Waals surface area (Å²) in [6, 6.07) is 10.3. The van der Waals surface area contributed by atoms with Gasteiger partial charge in [0.2, 0.25) is 0 Å². The Labute approximate surface area is 146 Å². The molecule has 0 saturated heterocycles. The zero-order valence-electron chi connectivity index (χ0n) is 13.6. The summed E-state index contributed by atoms with van der Waals surface area (Å²) < 4.78 is 11.0. The Morgan fingerprint density at radius 2 is 1.96 bits per heavy atom. The van der Waals surface area contributed by atoms with Crippen molar-refractivity contribution < 1.29 is 19.4 Å². The maximum Gasteiger partial charge on any atom is 0.335 e. The third-order valence-corrected chi connectivity index (χ3v) is 3.65. The molecule has 2 aromatic rings. The van der Waals surface area contributed by atoms with Crippen LogP contribution in [0.15, 0.2) is 36.4 Å². The number of hydrogen-bond acceptors (Lipinski definition) is 4. The highest BCUT2D eigenvalue weighted by Crippen LogP contribution is 2.36. The lowest BCUT2D eigenvalue weighted by molar-refractivity contribution is 0.0697. The van der Waals surface area contributed by atoms with Gasteiger partial charge in [0.15, 0.2) is 11.5 Å². The Bertz CT molecular complexity index is 701. The number of carbonyl (C=O) groups is 1. The van der Waals surface area contributed by atoms with Crippen LogP contribution in [-0.2, 0) is 6.54 Å². The summed E-state index contributed by atoms with van der Waals surface area (Å²) in [5.74, 6) is 0.199. The van der Waals surface area contributed by atoms with Crippen molar-refractivity contribution in [3.8, 4) is 11.5 Å². The predicted octanol–water partition coefficient (Wildman–Crippen LogP) is 4.45. The molecule has 0 aliphatic rings. The van der Waals surface area contributed by atoms with Gasteiger partial charge < -0.3 is 19.9 Å². The van der Waals surface area contributed by atoms with Gasteiger partial charge in [-0.15, -0.1) is 0 Å². The van der Waals surface area contributed by atoms with E-state index in [0.29, 0.717) is 29.7 Å². The number of rotatable bonds is 8. The van der Waals surface area contributed by atoms with E-state index in [1.54, 1.807) is 31.4 Å². The van der Waals surface area contributed by atoms with E-state index in [4.69, 9.17) is 26.2 Å². The van der Waals surface area contributed by atoms with E-state index in [1.807, 2.05) is 19.1 Å². The van der Waals surface area contributed by atoms with Crippen molar-refractivity contribution in [2.75, 3.05) is 19.0 Å². The number of carboxylic acids is 1. The molecule has 0 aliphatic carbocycles. The first kappa shape index (κ1) is 17.9. The lowest BCUT2D eigenvalue weighted by Crippen LogP contribution is -2.03. The van der Waals surface area contributed by atoms with Crippen molar-refractivity contribution in [3.63, 3.8) is 0 Å². The van der Waals surface area contributed by atoms with Crippen molar-refractivity contribution in [3.05, 3.63) is 52.5 Å². The normalized spacial score (nSPS) is 10.3. The van der Waals surface area contributed by atoms with E-state index < -0.39 is 5.97 Å². The van der Waals surface area contributed by atoms with Gasteiger partial charge in [-0.25, -0.2) is 4.79 Å². The summed E-state index contributed by atoms with van der Waals surface area (Å²) >= 11 is 6.29. The Morgan fingerprint density at radius 3 is 2.54 bits per heavy atom. The standard InChI is InChI=1S/C18H20ClNO4/c1-3-8-24-17-15(19)9-12(10-16(17)23-2)11-20-14-6-4-13(5-7-14)18(21)22/h4-7,9-10,20H,3,8,11H2,1-2H3,(H,21,22). The molecule has 5 nitrogen and oxygen atoms in total. The fourth-order valence-corrected chi connectivity index (χ4v) is 2.44. The highest BCUT2D eigenvalue weighted by Gasteiger charge is 2.12. The molecule has 0 heterocycles. The number of anilines is 1. The summed E-state index contributed by atoms with van der Waals surface area (Å²) in [6.07, 6.45) is 0.884. The van der Waals surface area contributed by atoms with Crippen molar-refractivity contribution >= 4 is 23.3 Å². The first-order valence-electron chi connectivity index (χ1n) is 7.61. The Kier molecular flexibility index (Phi) is 6.32. The number of aromatic carboxylic acids is 1. The van der Waals surface area contributed by atoms with E-state index in [0.717, 1.165) is 17.7 Å². The molecule has 2 rings (SSSR count). The number of hydrogen-bond donors (Lipinski definition) is 2. The molecule has 0 unspecified atom stereocenters. The van der Waals surface area contributed by atoms with Crippen molar-refractivity contribution in [1.82, 2.24) is 0 Å². The summed E-state index contributed by atoms with van der Waals surface area (Å²) in [6.45, 7) is 3.12. The third-order valence-electron chi connectivity index (χ3n) is 3.37. The highest BCUT2D eigenvalue weighted by molar-refractivity contribution is 6.32. The SMILES string of the molecule is CCCOc1c(Cl)cc(CNc2ccc(C(=O)O)cc2)cc1OC. The molecular formula is C18H20ClNO4. The molecule has 0 atom stereocenters. The monoisotopic (exact) mass is 349 g/mol. The van der Waals surface area contributed by atoms with Gasteiger partial charge in [-0.05, 0) is 48.4 Å². The second kappa shape index (κ2) is 8.45. The molecule has 6 heteroatoms. The van der Waals surface area contributed by atoms with E-state index in [9.17, 15) is 4.79 Å². The van der Waals surface area contributed by atoms with Gasteiger partial charge in [0.25, 0.3) is 0 Å². The van der Waals surface area contributed by atoms with Crippen LogP contribution < -0.4 is 14.8 Å². The largest absolute Gasteiger partial charge is 0.493 e. The Hall–Kier alpha value is -2.40. The van der Waals surface area contributed by atoms with Crippen LogP contribution >= 0.6 is 11.6 Å². The first-order valence-corrected chi connectivity index (χ1v) is 7.99. The second-order valence-corrected chi connectivity index (χ2v) is 5.60. The smallest absolute Gasteiger partial charge is 0.335 e. The van der Waals surface area contributed by atoms with Gasteiger partial charge in [-0.3, -0.25) is 0 Å². The van der Waals surface area contributed by atoms with Crippen LogP contribution in [0.2, 0.25) is 5.02 Å². The summed E-state index contributed by atoms with van der Waals surface area (Å²) in [5.41, 5.74) is 2.01. The zero-order chi connectivity index (χ0) is 17.5. The molecule has 0 bridgehead atoms. The summed E-state index contributed by atoms with van der Waals surface area (Å²) in [7, 11) is 1.58. The molecule has 0 spiro atoms. The van der Waals surface area contributed by atoms with Gasteiger partial charge in [-0.1, -0.05) is 18.5 Å². The van der Waals surface area contributed by atoms with E-state index in [2.05, 4.69) is 5.32 Å². The number of benzene rings is 2. The Balaban J connectivity index is 2.09. The third kappa shape index (κ3) is 4.55. The predicted molar refractivity (Wildman–Crippen MR) is 94.5 cm³/mol. The van der Waals surface area contributed by atoms with Crippen molar-refractivity contribution in [2.45, 2.75) is 19.9 Å². The molecule has 0 saturated carbocycles. The highest BCUT2D eigenvalue weighted by atomic mass is 35.5. The maximum absolute atomic E-state index is 10.8. The first-order chi connectivity index (χ1) is 11.5. The fourth-order valence-electron chi connectivity index (χ4n) is 2.15. The van der Waals surface area contributed by atoms with Gasteiger partial charge in [0.1, 0.15) is 0 Å². The fraction of sp³-hybridized carbons (Fsp3) is 0.278.